The van der Waals surface area contributed by atoms with Gasteiger partial charge < -0.3 is 4.74 Å². The second-order valence-electron chi connectivity index (χ2n) is 6.15. The molecule has 1 saturated heterocycles. The first-order valence-electron chi connectivity index (χ1n) is 7.15. The third-order valence-corrected chi connectivity index (χ3v) is 5.49. The molecular formula is C17H16O3. The molecular weight excluding hydrogens is 252 g/mol. The van der Waals surface area contributed by atoms with Crippen molar-refractivity contribution < 1.29 is 14.3 Å². The van der Waals surface area contributed by atoms with Crippen LogP contribution in [0.3, 0.4) is 0 Å². The molecule has 3 nitrogen and oxygen atoms in total. The number of carbonyl (C=O) groups is 2. The summed E-state index contributed by atoms with van der Waals surface area (Å²) in [4.78, 5) is 25.1. The van der Waals surface area contributed by atoms with Crippen LogP contribution in [0.1, 0.15) is 30.9 Å². The number of hydrogen-bond donors (Lipinski definition) is 0. The minimum absolute atomic E-state index is 0.0170. The van der Waals surface area contributed by atoms with Gasteiger partial charge in [-0.1, -0.05) is 43.3 Å². The number of allylic oxidation sites excluding steroid dienone is 2. The third kappa shape index (κ3) is 1.05. The zero-order chi connectivity index (χ0) is 14.0. The zero-order valence-electron chi connectivity index (χ0n) is 11.4. The number of fused-ring (bicyclic) bond motifs is 1. The number of carbonyl (C=O) groups excluding carboxylic acids is 2. The van der Waals surface area contributed by atoms with Crippen molar-refractivity contribution in [2.24, 2.45) is 11.3 Å². The van der Waals surface area contributed by atoms with E-state index in [-0.39, 0.29) is 17.9 Å². The first-order valence-corrected chi connectivity index (χ1v) is 7.15. The molecule has 0 amide bonds. The Morgan fingerprint density at radius 1 is 1.20 bits per heavy atom. The van der Waals surface area contributed by atoms with Crippen LogP contribution in [0.2, 0.25) is 0 Å². The van der Waals surface area contributed by atoms with Crippen molar-refractivity contribution in [2.75, 3.05) is 0 Å². The molecule has 1 aliphatic heterocycles. The molecule has 3 aliphatic rings. The Morgan fingerprint density at radius 3 is 2.85 bits per heavy atom. The number of benzene rings is 1. The van der Waals surface area contributed by atoms with Gasteiger partial charge >= 0.3 is 11.9 Å². The van der Waals surface area contributed by atoms with Crippen molar-refractivity contribution in [3.63, 3.8) is 0 Å². The molecule has 3 heteroatoms. The minimum Gasteiger partial charge on any atom is -0.392 e. The van der Waals surface area contributed by atoms with Crippen LogP contribution in [0.15, 0.2) is 36.4 Å². The fraction of sp³-hybridized carbons (Fsp3) is 0.412. The average molecular weight is 268 g/mol. The lowest BCUT2D eigenvalue weighted by molar-refractivity contribution is -0.155. The van der Waals surface area contributed by atoms with Gasteiger partial charge in [0.05, 0.1) is 5.41 Å². The van der Waals surface area contributed by atoms with E-state index in [0.29, 0.717) is 12.8 Å². The monoisotopic (exact) mass is 268 g/mol. The quantitative estimate of drug-likeness (QED) is 0.412. The summed E-state index contributed by atoms with van der Waals surface area (Å²) in [6.07, 6.45) is 6.23. The van der Waals surface area contributed by atoms with Crippen LogP contribution in [-0.4, -0.2) is 11.9 Å². The topological polar surface area (TPSA) is 43.4 Å². The van der Waals surface area contributed by atoms with E-state index in [1.54, 1.807) is 0 Å². The van der Waals surface area contributed by atoms with E-state index in [4.69, 9.17) is 4.74 Å². The summed E-state index contributed by atoms with van der Waals surface area (Å²) in [6.45, 7) is 2.02. The summed E-state index contributed by atoms with van der Waals surface area (Å²) in [5, 5.41) is 0. The van der Waals surface area contributed by atoms with Crippen LogP contribution in [-0.2, 0) is 26.2 Å². The molecule has 20 heavy (non-hydrogen) atoms. The molecule has 0 spiro atoms. The first-order chi connectivity index (χ1) is 9.63. The van der Waals surface area contributed by atoms with Gasteiger partial charge in [0.15, 0.2) is 0 Å². The number of rotatable bonds is 0. The van der Waals surface area contributed by atoms with E-state index >= 15 is 0 Å². The lowest BCUT2D eigenvalue weighted by Crippen LogP contribution is -2.56. The summed E-state index contributed by atoms with van der Waals surface area (Å²) in [5.74, 6) is -0.698. The molecule has 0 N–H and O–H groups in total. The highest BCUT2D eigenvalue weighted by Crippen LogP contribution is 2.62. The molecule has 0 saturated carbocycles. The lowest BCUT2D eigenvalue weighted by atomic mass is 9.48. The number of hydrogen-bond acceptors (Lipinski definition) is 3. The molecule has 1 fully saturated rings. The SMILES string of the molecule is C[C@H]1C=CC[C@@]23CCc4ccccc4[C@]12C(=O)OC3=O. The molecule has 0 radical (unpaired) electrons. The molecule has 0 unspecified atom stereocenters. The Kier molecular flexibility index (Phi) is 2.14. The highest BCUT2D eigenvalue weighted by molar-refractivity contribution is 6.06. The van der Waals surface area contributed by atoms with Crippen LogP contribution in [0, 0.1) is 11.3 Å². The van der Waals surface area contributed by atoms with E-state index in [1.807, 2.05) is 31.2 Å². The smallest absolute Gasteiger partial charge is 0.326 e. The fourth-order valence-corrected chi connectivity index (χ4v) is 4.59. The summed E-state index contributed by atoms with van der Waals surface area (Å²) in [6, 6.07) is 8.01. The summed E-state index contributed by atoms with van der Waals surface area (Å²) in [5.41, 5.74) is 0.677. The molecule has 0 aromatic heterocycles. The second kappa shape index (κ2) is 3.60. The van der Waals surface area contributed by atoms with E-state index in [9.17, 15) is 9.59 Å². The molecule has 3 atom stereocenters. The molecule has 2 aliphatic carbocycles. The minimum atomic E-state index is -0.812. The maximum Gasteiger partial charge on any atom is 0.326 e. The number of ether oxygens (including phenoxy) is 1. The molecule has 1 aromatic carbocycles. The molecule has 4 rings (SSSR count). The molecule has 1 heterocycles. The van der Waals surface area contributed by atoms with Gasteiger partial charge in [0.1, 0.15) is 5.41 Å². The standard InChI is InChI=1S/C17H16O3/c1-11-5-4-9-16-10-8-12-6-2-3-7-13(12)17(11,16)15(19)20-14(16)18/h2-7,11H,8-10H2,1H3/t11-,16-,17-/m0/s1. The Morgan fingerprint density at radius 2 is 2.00 bits per heavy atom. The lowest BCUT2D eigenvalue weighted by Gasteiger charge is -2.49. The van der Waals surface area contributed by atoms with E-state index < -0.39 is 10.8 Å². The Hall–Kier alpha value is -1.90. The Labute approximate surface area is 117 Å². The van der Waals surface area contributed by atoms with Crippen LogP contribution in [0.25, 0.3) is 0 Å². The highest BCUT2D eigenvalue weighted by atomic mass is 16.6. The molecule has 0 bridgehead atoms. The van der Waals surface area contributed by atoms with Gasteiger partial charge in [-0.15, -0.1) is 0 Å². The predicted molar refractivity (Wildman–Crippen MR) is 72.9 cm³/mol. The summed E-state index contributed by atoms with van der Waals surface area (Å²) in [7, 11) is 0. The number of cyclic esters (lactones) is 2. The van der Waals surface area contributed by atoms with E-state index in [1.165, 1.54) is 5.56 Å². The summed E-state index contributed by atoms with van der Waals surface area (Å²) < 4.78 is 5.15. The van der Waals surface area contributed by atoms with Crippen molar-refractivity contribution in [3.05, 3.63) is 47.5 Å². The van der Waals surface area contributed by atoms with Gasteiger partial charge in [-0.25, -0.2) is 0 Å². The molecule has 102 valence electrons. The Bertz CT molecular complexity index is 660. The maximum absolute atomic E-state index is 12.7. The van der Waals surface area contributed by atoms with E-state index in [0.717, 1.165) is 12.0 Å². The van der Waals surface area contributed by atoms with Gasteiger partial charge in [0, 0.05) is 0 Å². The average Bonchev–Trinajstić information content (AvgIpc) is 2.69. The number of esters is 2. The molecule has 1 aromatic rings. The van der Waals surface area contributed by atoms with Crippen LogP contribution >= 0.6 is 0 Å². The predicted octanol–water partition coefficient (Wildman–Crippen LogP) is 2.54. The van der Waals surface area contributed by atoms with Crippen LogP contribution in [0.5, 0.6) is 0 Å². The van der Waals surface area contributed by atoms with Crippen molar-refractivity contribution in [1.82, 2.24) is 0 Å². The van der Waals surface area contributed by atoms with Crippen molar-refractivity contribution >= 4 is 11.9 Å². The number of aryl methyl sites for hydroxylation is 1. The van der Waals surface area contributed by atoms with Gasteiger partial charge in [0.2, 0.25) is 0 Å². The van der Waals surface area contributed by atoms with Crippen LogP contribution in [0.4, 0.5) is 0 Å². The summed E-state index contributed by atoms with van der Waals surface area (Å²) >= 11 is 0. The largest absolute Gasteiger partial charge is 0.392 e. The zero-order valence-corrected chi connectivity index (χ0v) is 11.4. The second-order valence-corrected chi connectivity index (χ2v) is 6.15. The third-order valence-electron chi connectivity index (χ3n) is 5.49. The maximum atomic E-state index is 12.7. The fourth-order valence-electron chi connectivity index (χ4n) is 4.59. The van der Waals surface area contributed by atoms with Gasteiger partial charge in [-0.2, -0.15) is 0 Å². The van der Waals surface area contributed by atoms with Crippen molar-refractivity contribution in [2.45, 2.75) is 31.6 Å². The van der Waals surface area contributed by atoms with Gasteiger partial charge in [0.25, 0.3) is 0 Å². The van der Waals surface area contributed by atoms with Crippen molar-refractivity contribution in [3.8, 4) is 0 Å². The Balaban J connectivity index is 2.10. The van der Waals surface area contributed by atoms with Crippen molar-refractivity contribution in [1.29, 1.82) is 0 Å². The normalized spacial score (nSPS) is 38.0. The van der Waals surface area contributed by atoms with Gasteiger partial charge in [-0.05, 0) is 36.3 Å². The first kappa shape index (κ1) is 11.9. The van der Waals surface area contributed by atoms with Crippen LogP contribution < -0.4 is 0 Å². The van der Waals surface area contributed by atoms with Gasteiger partial charge in [-0.3, -0.25) is 9.59 Å². The van der Waals surface area contributed by atoms with E-state index in [2.05, 4.69) is 12.1 Å². The highest BCUT2D eigenvalue weighted by Gasteiger charge is 2.72.